The summed E-state index contributed by atoms with van der Waals surface area (Å²) in [7, 11) is 0. The van der Waals surface area contributed by atoms with Gasteiger partial charge in [0.2, 0.25) is 0 Å². The Morgan fingerprint density at radius 2 is 1.00 bits per heavy atom. The molecule has 0 rings (SSSR count). The summed E-state index contributed by atoms with van der Waals surface area (Å²) >= 11 is 0. The molecule has 0 spiro atoms. The van der Waals surface area contributed by atoms with E-state index in [4.69, 9.17) is 0 Å². The molecule has 0 unspecified atom stereocenters. The first-order chi connectivity index (χ1) is 1.00. The van der Waals surface area contributed by atoms with Crippen molar-refractivity contribution in [1.82, 2.24) is 0 Å². The molecule has 0 saturated carbocycles. The molecule has 0 saturated heterocycles. The summed E-state index contributed by atoms with van der Waals surface area (Å²) in [6.07, 6.45) is 0. The molecule has 0 fully saturated rings. The van der Waals surface area contributed by atoms with Crippen LogP contribution in [0.5, 0.6) is 0 Å². The average Bonchev–Trinajstić information content (AvgIpc) is 1.00. The molecular formula is H4FN2Na. The zero-order valence-corrected chi connectivity index (χ0v) is 4.53. The van der Waals surface area contributed by atoms with Crippen LogP contribution in [0.25, 0.3) is 0 Å². The van der Waals surface area contributed by atoms with E-state index in [2.05, 4.69) is 11.7 Å². The van der Waals surface area contributed by atoms with Crippen molar-refractivity contribution >= 4 is 0 Å². The van der Waals surface area contributed by atoms with Gasteiger partial charge in [0, 0.05) is 0 Å². The molecule has 4 N–H and O–H groups in total. The van der Waals surface area contributed by atoms with E-state index in [1.54, 1.807) is 0 Å². The molecule has 0 aliphatic carbocycles. The summed E-state index contributed by atoms with van der Waals surface area (Å²) in [5.74, 6) is 8.00. The maximum absolute atomic E-state index is 4.00. The summed E-state index contributed by atoms with van der Waals surface area (Å²) in [5.41, 5.74) is 0. The van der Waals surface area contributed by atoms with E-state index in [9.17, 15) is 0 Å². The molecule has 4 heteroatoms. The van der Waals surface area contributed by atoms with Gasteiger partial charge in [0.15, 0.2) is 0 Å². The minimum Gasteiger partial charge on any atom is -1.00 e. The maximum Gasteiger partial charge on any atom is 1.00 e. The molecule has 0 atom stereocenters. The van der Waals surface area contributed by atoms with Crippen LogP contribution in [0.3, 0.4) is 0 Å². The minimum atomic E-state index is 0. The van der Waals surface area contributed by atoms with Gasteiger partial charge < -0.3 is 4.70 Å². The van der Waals surface area contributed by atoms with Crippen molar-refractivity contribution < 1.29 is 34.3 Å². The van der Waals surface area contributed by atoms with Gasteiger partial charge in [0.25, 0.3) is 0 Å². The quantitative estimate of drug-likeness (QED) is 0.170. The molecule has 2 nitrogen and oxygen atoms in total. The van der Waals surface area contributed by atoms with Crippen molar-refractivity contribution in [3.8, 4) is 0 Å². The van der Waals surface area contributed by atoms with Crippen molar-refractivity contribution in [2.24, 2.45) is 11.7 Å². The summed E-state index contributed by atoms with van der Waals surface area (Å²) < 4.78 is 0. The molecule has 0 radical (unpaired) electrons. The van der Waals surface area contributed by atoms with Gasteiger partial charge in [0.1, 0.15) is 0 Å². The monoisotopic (exact) mass is 74.0 g/mol. The molecule has 0 amide bonds. The Morgan fingerprint density at radius 1 is 1.00 bits per heavy atom. The van der Waals surface area contributed by atoms with E-state index in [0.717, 1.165) is 0 Å². The largest absolute Gasteiger partial charge is 1.00 e. The van der Waals surface area contributed by atoms with Crippen molar-refractivity contribution in [3.05, 3.63) is 0 Å². The van der Waals surface area contributed by atoms with E-state index < -0.39 is 0 Å². The predicted octanol–water partition coefficient (Wildman–Crippen LogP) is -7.17. The average molecular weight is 74.0 g/mol. The van der Waals surface area contributed by atoms with E-state index in [1.807, 2.05) is 0 Å². The zero-order valence-electron chi connectivity index (χ0n) is 2.53. The van der Waals surface area contributed by atoms with Crippen molar-refractivity contribution in [2.45, 2.75) is 0 Å². The molecule has 0 aromatic rings. The number of hydrogen-bond donors (Lipinski definition) is 2. The van der Waals surface area contributed by atoms with Crippen molar-refractivity contribution in [3.63, 3.8) is 0 Å². The molecular weight excluding hydrogens is 70.0 g/mol. The van der Waals surface area contributed by atoms with Crippen LogP contribution in [0.4, 0.5) is 0 Å². The van der Waals surface area contributed by atoms with E-state index in [-0.39, 0.29) is 34.3 Å². The standard InChI is InChI=1S/FH.H4N2.Na/c;1-2;/h1H;1-2H2;/q;;+1/p-1. The predicted molar refractivity (Wildman–Crippen MR) is 8.37 cm³/mol. The SMILES string of the molecule is NN.[F-].[Na+]. The van der Waals surface area contributed by atoms with Crippen LogP contribution >= 0.6 is 0 Å². The summed E-state index contributed by atoms with van der Waals surface area (Å²) in [6, 6.07) is 0. The number of nitrogens with two attached hydrogens (primary N) is 2. The third kappa shape index (κ3) is 13.5. The van der Waals surface area contributed by atoms with Gasteiger partial charge in [-0.2, -0.15) is 0 Å². The van der Waals surface area contributed by atoms with Gasteiger partial charge in [-0.25, -0.2) is 0 Å². The number of rotatable bonds is 0. The van der Waals surface area contributed by atoms with E-state index in [0.29, 0.717) is 0 Å². The molecule has 22 valence electrons. The van der Waals surface area contributed by atoms with Crippen LogP contribution < -0.4 is 45.9 Å². The second kappa shape index (κ2) is 43.3. The number of hydrogen-bond acceptors (Lipinski definition) is 2. The third-order valence-corrected chi connectivity index (χ3v) is 0. The maximum atomic E-state index is 4.00. The van der Waals surface area contributed by atoms with Crippen LogP contribution in [0, 0.1) is 0 Å². The summed E-state index contributed by atoms with van der Waals surface area (Å²) in [6.45, 7) is 0. The van der Waals surface area contributed by atoms with Crippen LogP contribution in [0.1, 0.15) is 0 Å². The normalized spacial score (nSPS) is 1.50. The Bertz CT molecular complexity index is 6.00. The first-order valence-electron chi connectivity index (χ1n) is 0.333. The molecule has 0 heterocycles. The zero-order chi connectivity index (χ0) is 2.00. The van der Waals surface area contributed by atoms with Crippen molar-refractivity contribution in [2.75, 3.05) is 0 Å². The van der Waals surface area contributed by atoms with Gasteiger partial charge in [-0.15, -0.1) is 0 Å². The molecule has 0 aromatic heterocycles. The second-order valence-corrected chi connectivity index (χ2v) is 0. The fourth-order valence-corrected chi connectivity index (χ4v) is 0. The number of halogens is 1. The first-order valence-corrected chi connectivity index (χ1v) is 0.333. The van der Waals surface area contributed by atoms with Crippen molar-refractivity contribution in [1.29, 1.82) is 0 Å². The fourth-order valence-electron chi connectivity index (χ4n) is 0. The molecule has 0 aliphatic rings. The minimum absolute atomic E-state index is 0. The van der Waals surface area contributed by atoms with Gasteiger partial charge in [-0.05, 0) is 0 Å². The first kappa shape index (κ1) is 21.0. The molecule has 0 aliphatic heterocycles. The Kier molecular flexibility index (Phi) is 227. The topological polar surface area (TPSA) is 52.0 Å². The fraction of sp³-hybridized carbons (Fsp3) is 0. The van der Waals surface area contributed by atoms with E-state index in [1.165, 1.54) is 0 Å². The molecule has 0 bridgehead atoms. The summed E-state index contributed by atoms with van der Waals surface area (Å²) in [4.78, 5) is 0. The molecule has 4 heavy (non-hydrogen) atoms. The van der Waals surface area contributed by atoms with E-state index >= 15 is 0 Å². The van der Waals surface area contributed by atoms with Gasteiger partial charge in [-0.3, -0.25) is 11.7 Å². The Balaban J connectivity index is -0.00000000500. The van der Waals surface area contributed by atoms with Crippen LogP contribution in [-0.2, 0) is 0 Å². The second-order valence-electron chi connectivity index (χ2n) is 0. The van der Waals surface area contributed by atoms with Crippen LogP contribution in [-0.4, -0.2) is 0 Å². The molecule has 0 aromatic carbocycles. The van der Waals surface area contributed by atoms with Gasteiger partial charge >= 0.3 is 29.6 Å². The van der Waals surface area contributed by atoms with Gasteiger partial charge in [-0.1, -0.05) is 0 Å². The van der Waals surface area contributed by atoms with Crippen LogP contribution in [0.15, 0.2) is 0 Å². The summed E-state index contributed by atoms with van der Waals surface area (Å²) in [5, 5.41) is 0. The van der Waals surface area contributed by atoms with Crippen LogP contribution in [0.2, 0.25) is 0 Å². The third-order valence-electron chi connectivity index (χ3n) is 0. The smallest absolute Gasteiger partial charge is 1.00 e. The Morgan fingerprint density at radius 3 is 1.00 bits per heavy atom. The Hall–Kier alpha value is 0.850. The van der Waals surface area contributed by atoms with Gasteiger partial charge in [0.05, 0.1) is 0 Å². The number of hydrazine groups is 1. The Labute approximate surface area is 46.2 Å².